The highest BCUT2D eigenvalue weighted by molar-refractivity contribution is 5.76. The molecule has 1 atom stereocenters. The van der Waals surface area contributed by atoms with Gasteiger partial charge in [0.2, 0.25) is 0 Å². The first-order valence-corrected chi connectivity index (χ1v) is 22.8. The number of nitrogens with zero attached hydrogens (tertiary/aromatic N) is 4. The van der Waals surface area contributed by atoms with Crippen LogP contribution in [0.2, 0.25) is 0 Å². The number of esters is 6. The molecule has 1 rings (SSSR count). The number of benzene rings is 1. The summed E-state index contributed by atoms with van der Waals surface area (Å²) in [6.45, 7) is 31.0. The lowest BCUT2D eigenvalue weighted by atomic mass is 10.0. The fourth-order valence-electron chi connectivity index (χ4n) is 6.46. The molecule has 0 fully saturated rings. The largest absolute Gasteiger partial charge is 0.459 e. The fraction of sp³-hybridized carbons (Fsp3) is 0.755. The smallest absolute Gasteiger partial charge is 0.320 e. The molecule has 2 N–H and O–H groups in total. The second-order valence-corrected chi connectivity index (χ2v) is 22.7. The van der Waals surface area contributed by atoms with Crippen LogP contribution in [0.25, 0.3) is 0 Å². The Morgan fingerprint density at radius 2 is 0.667 bits per heavy atom. The van der Waals surface area contributed by atoms with Crippen molar-refractivity contribution in [2.45, 2.75) is 171 Å². The first kappa shape index (κ1) is 59.7. The summed E-state index contributed by atoms with van der Waals surface area (Å²) in [5, 5.41) is 0. The van der Waals surface area contributed by atoms with E-state index >= 15 is 0 Å². The van der Waals surface area contributed by atoms with Gasteiger partial charge in [-0.25, -0.2) is 0 Å². The first-order chi connectivity index (χ1) is 29.7. The molecule has 378 valence electrons. The van der Waals surface area contributed by atoms with Crippen molar-refractivity contribution in [1.29, 1.82) is 0 Å². The summed E-state index contributed by atoms with van der Waals surface area (Å²) >= 11 is 0. The van der Waals surface area contributed by atoms with E-state index < -0.39 is 75.5 Å². The summed E-state index contributed by atoms with van der Waals surface area (Å²) in [6.07, 6.45) is 0.353. The number of ether oxygens (including phenoxy) is 6. The topological polar surface area (TPSA) is 197 Å². The average Bonchev–Trinajstić information content (AvgIpc) is 3.04. The Hall–Kier alpha value is -4.32. The van der Waals surface area contributed by atoms with Crippen molar-refractivity contribution in [2.75, 3.05) is 77.7 Å². The van der Waals surface area contributed by atoms with E-state index in [-0.39, 0.29) is 72.0 Å². The summed E-state index contributed by atoms with van der Waals surface area (Å²) in [4.78, 5) is 87.3. The van der Waals surface area contributed by atoms with Crippen LogP contribution >= 0.6 is 0 Å². The standard InChI is InChI=1S/C49H85N5O12/c1-44(2,3)61-38(55)29-51(23-24-52(30-39(56)62-45(4,5)6)31-40(57)63-46(7,8)9)28-37(27-35-19-21-36(50)22-20-35)54(34-43(60)66-49(16,17)18)26-25-53(32-41(58)64-47(10,11)12)33-42(59)65-48(13,14)15/h19-22,37H,23-34,50H2,1-18H3/t37-/m0/s1. The van der Waals surface area contributed by atoms with Crippen LogP contribution in [-0.4, -0.2) is 167 Å². The maximum Gasteiger partial charge on any atom is 0.320 e. The summed E-state index contributed by atoms with van der Waals surface area (Å²) in [5.74, 6) is -3.22. The molecular weight excluding hydrogens is 851 g/mol. The highest BCUT2D eigenvalue weighted by atomic mass is 16.6. The average molecular weight is 936 g/mol. The van der Waals surface area contributed by atoms with E-state index in [1.54, 1.807) is 147 Å². The molecule has 0 aliphatic heterocycles. The lowest BCUT2D eigenvalue weighted by molar-refractivity contribution is -0.162. The van der Waals surface area contributed by atoms with E-state index in [2.05, 4.69) is 0 Å². The number of rotatable bonds is 23. The van der Waals surface area contributed by atoms with Crippen molar-refractivity contribution in [1.82, 2.24) is 19.6 Å². The van der Waals surface area contributed by atoms with Crippen molar-refractivity contribution in [3.63, 3.8) is 0 Å². The summed E-state index contributed by atoms with van der Waals surface area (Å²) in [7, 11) is 0. The molecule has 0 aliphatic carbocycles. The van der Waals surface area contributed by atoms with Crippen LogP contribution in [0.5, 0.6) is 0 Å². The number of hydrogen-bond donors (Lipinski definition) is 1. The van der Waals surface area contributed by atoms with Gasteiger partial charge in [0, 0.05) is 44.5 Å². The van der Waals surface area contributed by atoms with Crippen LogP contribution < -0.4 is 5.73 Å². The molecule has 0 unspecified atom stereocenters. The van der Waals surface area contributed by atoms with Crippen molar-refractivity contribution >= 4 is 41.5 Å². The van der Waals surface area contributed by atoms with Crippen LogP contribution in [0.4, 0.5) is 5.69 Å². The van der Waals surface area contributed by atoms with E-state index in [9.17, 15) is 28.8 Å². The molecule has 0 saturated carbocycles. The first-order valence-electron chi connectivity index (χ1n) is 22.8. The third kappa shape index (κ3) is 30.8. The van der Waals surface area contributed by atoms with Gasteiger partial charge < -0.3 is 34.2 Å². The highest BCUT2D eigenvalue weighted by Crippen LogP contribution is 2.18. The zero-order chi connectivity index (χ0) is 51.1. The van der Waals surface area contributed by atoms with Gasteiger partial charge in [-0.1, -0.05) is 12.1 Å². The van der Waals surface area contributed by atoms with E-state index in [4.69, 9.17) is 34.2 Å². The molecule has 1 aromatic rings. The Labute approximate surface area is 395 Å². The van der Waals surface area contributed by atoms with Gasteiger partial charge >= 0.3 is 35.8 Å². The van der Waals surface area contributed by atoms with Crippen LogP contribution in [0, 0.1) is 0 Å². The molecule has 1 aromatic carbocycles. The van der Waals surface area contributed by atoms with E-state index in [1.807, 2.05) is 21.9 Å². The van der Waals surface area contributed by atoms with Gasteiger partial charge in [0.25, 0.3) is 0 Å². The lowest BCUT2D eigenvalue weighted by Gasteiger charge is -2.37. The van der Waals surface area contributed by atoms with E-state index in [1.165, 1.54) is 0 Å². The monoisotopic (exact) mass is 936 g/mol. The Morgan fingerprint density at radius 3 is 0.970 bits per heavy atom. The van der Waals surface area contributed by atoms with Gasteiger partial charge in [-0.2, -0.15) is 0 Å². The molecule has 0 aliphatic rings. The zero-order valence-corrected chi connectivity index (χ0v) is 43.6. The number of carbonyl (C=O) groups is 6. The molecule has 0 bridgehead atoms. The minimum Gasteiger partial charge on any atom is -0.459 e. The van der Waals surface area contributed by atoms with Gasteiger partial charge in [0.05, 0.1) is 39.3 Å². The lowest BCUT2D eigenvalue weighted by Crippen LogP contribution is -2.53. The van der Waals surface area contributed by atoms with Gasteiger partial charge in [-0.05, 0) is 149 Å². The summed E-state index contributed by atoms with van der Waals surface area (Å²) < 4.78 is 34.1. The predicted octanol–water partition coefficient (Wildman–Crippen LogP) is 5.44. The van der Waals surface area contributed by atoms with Crippen LogP contribution in [0.1, 0.15) is 130 Å². The van der Waals surface area contributed by atoms with Gasteiger partial charge in [0.15, 0.2) is 0 Å². The third-order valence-electron chi connectivity index (χ3n) is 8.49. The van der Waals surface area contributed by atoms with E-state index in [0.29, 0.717) is 12.1 Å². The third-order valence-corrected chi connectivity index (χ3v) is 8.49. The number of nitrogens with two attached hydrogens (primary N) is 1. The zero-order valence-electron chi connectivity index (χ0n) is 43.6. The fourth-order valence-corrected chi connectivity index (χ4v) is 6.46. The van der Waals surface area contributed by atoms with Crippen molar-refractivity contribution < 1.29 is 57.2 Å². The maximum atomic E-state index is 13.8. The quantitative estimate of drug-likeness (QED) is 0.0827. The van der Waals surface area contributed by atoms with Gasteiger partial charge in [0.1, 0.15) is 33.6 Å². The Kier molecular flexibility index (Phi) is 22.8. The summed E-state index contributed by atoms with van der Waals surface area (Å²) in [5.41, 5.74) is 2.77. The minimum absolute atomic E-state index is 0.116. The summed E-state index contributed by atoms with van der Waals surface area (Å²) in [6, 6.07) is 6.79. The molecule has 17 nitrogen and oxygen atoms in total. The second-order valence-electron chi connectivity index (χ2n) is 22.7. The number of nitrogen functional groups attached to an aromatic ring is 1. The Bertz CT molecular complexity index is 1670. The molecule has 0 radical (unpaired) electrons. The van der Waals surface area contributed by atoms with Crippen molar-refractivity contribution in [3.8, 4) is 0 Å². The van der Waals surface area contributed by atoms with E-state index in [0.717, 1.165) is 5.56 Å². The maximum absolute atomic E-state index is 13.8. The second kappa shape index (κ2) is 25.2. The highest BCUT2D eigenvalue weighted by Gasteiger charge is 2.32. The van der Waals surface area contributed by atoms with Crippen molar-refractivity contribution in [2.24, 2.45) is 0 Å². The Morgan fingerprint density at radius 1 is 0.409 bits per heavy atom. The van der Waals surface area contributed by atoms with Crippen LogP contribution in [0.3, 0.4) is 0 Å². The number of anilines is 1. The van der Waals surface area contributed by atoms with Gasteiger partial charge in [-0.15, -0.1) is 0 Å². The van der Waals surface area contributed by atoms with Gasteiger partial charge in [-0.3, -0.25) is 48.4 Å². The normalized spacial score (nSPS) is 13.4. The molecule has 0 heterocycles. The molecule has 0 spiro atoms. The number of hydrogen-bond acceptors (Lipinski definition) is 17. The predicted molar refractivity (Wildman–Crippen MR) is 254 cm³/mol. The number of carbonyl (C=O) groups excluding carboxylic acids is 6. The van der Waals surface area contributed by atoms with Crippen LogP contribution in [0.15, 0.2) is 24.3 Å². The van der Waals surface area contributed by atoms with Crippen LogP contribution in [-0.2, 0) is 63.6 Å². The molecule has 0 saturated heterocycles. The molecular formula is C49H85N5O12. The van der Waals surface area contributed by atoms with Crippen molar-refractivity contribution in [3.05, 3.63) is 29.8 Å². The molecule has 0 aromatic heterocycles. The molecule has 0 amide bonds. The minimum atomic E-state index is -0.816. The molecule has 17 heteroatoms. The Balaban J connectivity index is 3.91. The molecule has 66 heavy (non-hydrogen) atoms. The SMILES string of the molecule is CC(C)(C)OC(=O)CN(CCN(CC(=O)OC(C)(C)C)C[C@H](Cc1ccc(N)cc1)N(CCN(CC(=O)OC(C)(C)C)CC(=O)OC(C)(C)C)CC(=O)OC(C)(C)C)CC(=O)OC(C)(C)C.